The normalized spacial score (nSPS) is 19.0. The molecule has 136 valence electrons. The first-order valence-electron chi connectivity index (χ1n) is 8.19. The molecule has 0 radical (unpaired) electrons. The molecular weight excluding hydrogens is 395 g/mol. The zero-order valence-electron chi connectivity index (χ0n) is 14.0. The summed E-state index contributed by atoms with van der Waals surface area (Å²) >= 11 is 12.4. The van der Waals surface area contributed by atoms with Gasteiger partial charge in [0.15, 0.2) is 5.65 Å². The Morgan fingerprint density at radius 1 is 1.27 bits per heavy atom. The Balaban J connectivity index is 1.94. The molecule has 6 nitrogen and oxygen atoms in total. The Morgan fingerprint density at radius 2 is 2.12 bits per heavy atom. The number of nitrogens with zero attached hydrogens (tertiary/aromatic N) is 4. The van der Waals surface area contributed by atoms with Crippen LogP contribution in [0.5, 0.6) is 0 Å². The van der Waals surface area contributed by atoms with Crippen molar-refractivity contribution in [1.29, 1.82) is 0 Å². The van der Waals surface area contributed by atoms with E-state index in [2.05, 4.69) is 15.0 Å². The third-order valence-corrected chi connectivity index (χ3v) is 5.55. The van der Waals surface area contributed by atoms with E-state index in [1.807, 2.05) is 4.57 Å². The molecule has 0 saturated carbocycles. The lowest BCUT2D eigenvalue weighted by Gasteiger charge is -2.23. The first kappa shape index (κ1) is 17.9. The van der Waals surface area contributed by atoms with Gasteiger partial charge in [-0.3, -0.25) is 8.78 Å². The number of hydrogen-bond acceptors (Lipinski definition) is 5. The number of ether oxygens (including phenoxy) is 1. The summed E-state index contributed by atoms with van der Waals surface area (Å²) in [4.78, 5) is 13.4. The molecule has 2 unspecified atom stereocenters. The van der Waals surface area contributed by atoms with Crippen LogP contribution in [0.3, 0.4) is 0 Å². The van der Waals surface area contributed by atoms with Crippen LogP contribution in [0.1, 0.15) is 25.5 Å². The van der Waals surface area contributed by atoms with Crippen molar-refractivity contribution >= 4 is 45.2 Å². The quantitative estimate of drug-likeness (QED) is 0.603. The Labute approximate surface area is 163 Å². The van der Waals surface area contributed by atoms with Crippen molar-refractivity contribution in [1.82, 2.24) is 19.5 Å². The first-order chi connectivity index (χ1) is 12.5. The van der Waals surface area contributed by atoms with Crippen LogP contribution in [0.2, 0.25) is 10.0 Å². The van der Waals surface area contributed by atoms with Crippen LogP contribution in [-0.2, 0) is 15.5 Å². The third-order valence-electron chi connectivity index (χ3n) is 4.31. The molecule has 2 atom stereocenters. The summed E-state index contributed by atoms with van der Waals surface area (Å²) < 4.78 is 19.8. The smallest absolute Gasteiger partial charge is 0.220 e. The highest BCUT2D eigenvalue weighted by atomic mass is 35.5. The predicted molar refractivity (Wildman–Crippen MR) is 102 cm³/mol. The van der Waals surface area contributed by atoms with Gasteiger partial charge < -0.3 is 4.74 Å². The van der Waals surface area contributed by atoms with Crippen molar-refractivity contribution < 1.29 is 8.95 Å². The van der Waals surface area contributed by atoms with Crippen molar-refractivity contribution in [2.24, 2.45) is 0 Å². The fourth-order valence-electron chi connectivity index (χ4n) is 3.05. The summed E-state index contributed by atoms with van der Waals surface area (Å²) in [6.07, 6.45) is 6.13. The number of benzene rings is 1. The van der Waals surface area contributed by atoms with Crippen LogP contribution in [0.4, 0.5) is 0 Å². The van der Waals surface area contributed by atoms with Gasteiger partial charge in [0.1, 0.15) is 17.4 Å². The monoisotopic (exact) mass is 410 g/mol. The van der Waals surface area contributed by atoms with Crippen molar-refractivity contribution in [2.45, 2.75) is 30.6 Å². The number of hydrogen-bond donors (Lipinski definition) is 0. The van der Waals surface area contributed by atoms with Gasteiger partial charge in [-0.05, 0) is 37.5 Å². The standard InChI is InChI=1S/C17H16Cl2N4O2S/c1-26(24)17-21-14(11-6-5-10(18)8-12(11)19)15-16(22-17)23(9-20-15)13-4-2-3-7-25-13/h5-6,8-9,13H,2-4,7H2,1H3. The number of aromatic nitrogens is 4. The largest absolute Gasteiger partial charge is 0.358 e. The lowest BCUT2D eigenvalue weighted by molar-refractivity contribution is -0.0298. The van der Waals surface area contributed by atoms with Gasteiger partial charge in [-0.2, -0.15) is 0 Å². The van der Waals surface area contributed by atoms with E-state index in [0.717, 1.165) is 19.3 Å². The molecule has 1 aliphatic rings. The van der Waals surface area contributed by atoms with Crippen LogP contribution in [-0.4, -0.2) is 36.6 Å². The summed E-state index contributed by atoms with van der Waals surface area (Å²) in [5.74, 6) is 0. The van der Waals surface area contributed by atoms with Crippen molar-refractivity contribution in [3.63, 3.8) is 0 Å². The molecule has 3 aromatic rings. The highest BCUT2D eigenvalue weighted by molar-refractivity contribution is 7.84. The highest BCUT2D eigenvalue weighted by Gasteiger charge is 2.23. The highest BCUT2D eigenvalue weighted by Crippen LogP contribution is 2.34. The molecule has 26 heavy (non-hydrogen) atoms. The van der Waals surface area contributed by atoms with Crippen LogP contribution in [0.25, 0.3) is 22.4 Å². The van der Waals surface area contributed by atoms with Gasteiger partial charge >= 0.3 is 0 Å². The fraction of sp³-hybridized carbons (Fsp3) is 0.353. The van der Waals surface area contributed by atoms with Gasteiger partial charge in [-0.15, -0.1) is 0 Å². The predicted octanol–water partition coefficient (Wildman–Crippen LogP) is 4.24. The summed E-state index contributed by atoms with van der Waals surface area (Å²) in [5.41, 5.74) is 2.40. The fourth-order valence-corrected chi connectivity index (χ4v) is 3.98. The van der Waals surface area contributed by atoms with E-state index in [1.165, 1.54) is 0 Å². The van der Waals surface area contributed by atoms with E-state index in [1.54, 1.807) is 30.8 Å². The Morgan fingerprint density at radius 3 is 2.81 bits per heavy atom. The van der Waals surface area contributed by atoms with E-state index in [4.69, 9.17) is 27.9 Å². The van der Waals surface area contributed by atoms with Crippen LogP contribution in [0.15, 0.2) is 29.7 Å². The second-order valence-corrected chi connectivity index (χ2v) is 8.20. The van der Waals surface area contributed by atoms with E-state index in [0.29, 0.717) is 39.1 Å². The molecular formula is C17H16Cl2N4O2S. The van der Waals surface area contributed by atoms with Gasteiger partial charge in [0.2, 0.25) is 5.16 Å². The zero-order valence-corrected chi connectivity index (χ0v) is 16.3. The minimum atomic E-state index is -1.35. The summed E-state index contributed by atoms with van der Waals surface area (Å²) in [5, 5.41) is 1.22. The third kappa shape index (κ3) is 3.24. The molecule has 3 heterocycles. The Bertz CT molecular complexity index is 1000. The SMILES string of the molecule is CS(=O)c1nc(-c2ccc(Cl)cc2Cl)c2ncn(C3CCCCO3)c2n1. The molecule has 0 aliphatic carbocycles. The average molecular weight is 411 g/mol. The van der Waals surface area contributed by atoms with Gasteiger partial charge in [-0.1, -0.05) is 23.2 Å². The summed E-state index contributed by atoms with van der Waals surface area (Å²) in [6, 6.07) is 5.17. The lowest BCUT2D eigenvalue weighted by atomic mass is 10.1. The molecule has 1 aliphatic heterocycles. The second kappa shape index (κ2) is 7.23. The number of imidazole rings is 1. The molecule has 0 spiro atoms. The molecule has 4 rings (SSSR count). The van der Waals surface area contributed by atoms with Gasteiger partial charge in [0, 0.05) is 23.4 Å². The minimum Gasteiger partial charge on any atom is -0.358 e. The van der Waals surface area contributed by atoms with Crippen molar-refractivity contribution in [3.8, 4) is 11.3 Å². The van der Waals surface area contributed by atoms with Crippen molar-refractivity contribution in [2.75, 3.05) is 12.9 Å². The summed E-state index contributed by atoms with van der Waals surface area (Å²) in [7, 11) is -1.35. The van der Waals surface area contributed by atoms with E-state index >= 15 is 0 Å². The maximum absolute atomic E-state index is 12.1. The number of fused-ring (bicyclic) bond motifs is 1. The molecule has 1 fully saturated rings. The maximum atomic E-state index is 12.1. The zero-order chi connectivity index (χ0) is 18.3. The Hall–Kier alpha value is -1.54. The average Bonchev–Trinajstić information content (AvgIpc) is 3.06. The molecule has 2 aromatic heterocycles. The van der Waals surface area contributed by atoms with Crippen molar-refractivity contribution in [3.05, 3.63) is 34.6 Å². The second-order valence-electron chi connectivity index (χ2n) is 6.08. The van der Waals surface area contributed by atoms with E-state index in [-0.39, 0.29) is 11.4 Å². The number of halogens is 2. The van der Waals surface area contributed by atoms with Crippen LogP contribution < -0.4 is 0 Å². The minimum absolute atomic E-state index is 0.129. The molecule has 1 aromatic carbocycles. The molecule has 0 N–H and O–H groups in total. The maximum Gasteiger partial charge on any atom is 0.220 e. The molecule has 1 saturated heterocycles. The van der Waals surface area contributed by atoms with Gasteiger partial charge in [0.05, 0.1) is 22.1 Å². The first-order valence-corrected chi connectivity index (χ1v) is 10.5. The topological polar surface area (TPSA) is 69.9 Å². The van der Waals surface area contributed by atoms with E-state index in [9.17, 15) is 4.21 Å². The molecule has 0 bridgehead atoms. The molecule has 9 heteroatoms. The van der Waals surface area contributed by atoms with Crippen LogP contribution >= 0.6 is 23.2 Å². The summed E-state index contributed by atoms with van der Waals surface area (Å²) in [6.45, 7) is 0.706. The Kier molecular flexibility index (Phi) is 4.96. The molecule has 0 amide bonds. The van der Waals surface area contributed by atoms with Crippen LogP contribution in [0, 0.1) is 0 Å². The van der Waals surface area contributed by atoms with Gasteiger partial charge in [0.25, 0.3) is 0 Å². The number of rotatable bonds is 3. The van der Waals surface area contributed by atoms with E-state index < -0.39 is 10.8 Å². The lowest BCUT2D eigenvalue weighted by Crippen LogP contribution is -2.18. The van der Waals surface area contributed by atoms with Gasteiger partial charge in [-0.25, -0.2) is 15.0 Å².